The molecule has 0 aromatic carbocycles. The highest BCUT2D eigenvalue weighted by atomic mass is 32.2. The maximum absolute atomic E-state index is 11.1. The summed E-state index contributed by atoms with van der Waals surface area (Å²) in [5.41, 5.74) is 3.69. The van der Waals surface area contributed by atoms with Crippen molar-refractivity contribution in [3.8, 4) is 17.0 Å². The monoisotopic (exact) mass is 554 g/mol. The number of ether oxygens (including phenoxy) is 1. The van der Waals surface area contributed by atoms with Gasteiger partial charge in [-0.1, -0.05) is 6.42 Å². The van der Waals surface area contributed by atoms with Gasteiger partial charge in [0.2, 0.25) is 0 Å². The third-order valence-electron chi connectivity index (χ3n) is 6.51. The standard InChI is InChI=1S/C26H34N8O4S/c1-18-13-24(30-23(29-18)7-5-4-6-12-38-39(3,35)36)31-25-15-21-14-19(9-11-34(21)32-25)26-22(16-28-33(26)2)37-17-20-8-10-27-20/h9,11,13-16,20,27H,4-8,10,12,17H2,1-3H3,(H,29,30,31,32)/t20-/m1/s1. The molecule has 12 nitrogen and oxygen atoms in total. The van der Waals surface area contributed by atoms with Gasteiger partial charge in [-0.05, 0) is 44.9 Å². The van der Waals surface area contributed by atoms with E-state index in [1.807, 2.05) is 47.6 Å². The van der Waals surface area contributed by atoms with Gasteiger partial charge in [0.25, 0.3) is 10.1 Å². The molecule has 1 saturated heterocycles. The average molecular weight is 555 g/mol. The van der Waals surface area contributed by atoms with Crippen molar-refractivity contribution in [1.29, 1.82) is 0 Å². The first-order valence-electron chi connectivity index (χ1n) is 13.1. The smallest absolute Gasteiger partial charge is 0.264 e. The van der Waals surface area contributed by atoms with Crippen molar-refractivity contribution < 1.29 is 17.3 Å². The summed E-state index contributed by atoms with van der Waals surface area (Å²) in [6.45, 7) is 3.80. The highest BCUT2D eigenvalue weighted by Gasteiger charge is 2.19. The molecule has 0 amide bonds. The number of aryl methyl sites for hydroxylation is 3. The minimum Gasteiger partial charge on any atom is -0.488 e. The quantitative estimate of drug-likeness (QED) is 0.187. The third kappa shape index (κ3) is 7.11. The van der Waals surface area contributed by atoms with Crippen LogP contribution in [0.1, 0.15) is 37.2 Å². The van der Waals surface area contributed by atoms with E-state index >= 15 is 0 Å². The van der Waals surface area contributed by atoms with E-state index in [2.05, 4.69) is 36.9 Å². The summed E-state index contributed by atoms with van der Waals surface area (Å²) in [6.07, 6.45) is 8.89. The van der Waals surface area contributed by atoms with Crippen molar-refractivity contribution in [3.05, 3.63) is 48.2 Å². The fourth-order valence-electron chi connectivity index (χ4n) is 4.45. The fraction of sp³-hybridized carbons (Fsp3) is 0.462. The largest absolute Gasteiger partial charge is 0.488 e. The lowest BCUT2D eigenvalue weighted by atomic mass is 10.1. The van der Waals surface area contributed by atoms with Crippen LogP contribution in [0.5, 0.6) is 5.75 Å². The Bertz CT molecular complexity index is 1540. The molecule has 1 fully saturated rings. The molecule has 0 saturated carbocycles. The fourth-order valence-corrected chi connectivity index (χ4v) is 4.87. The van der Waals surface area contributed by atoms with Gasteiger partial charge in [-0.2, -0.15) is 18.6 Å². The zero-order valence-electron chi connectivity index (χ0n) is 22.4. The molecule has 39 heavy (non-hydrogen) atoms. The number of rotatable bonds is 13. The maximum atomic E-state index is 11.1. The van der Waals surface area contributed by atoms with Crippen molar-refractivity contribution in [2.45, 2.75) is 45.1 Å². The Labute approximate surface area is 227 Å². The first-order valence-corrected chi connectivity index (χ1v) is 14.9. The van der Waals surface area contributed by atoms with Crippen LogP contribution in [0.2, 0.25) is 0 Å². The first-order chi connectivity index (χ1) is 18.7. The lowest BCUT2D eigenvalue weighted by Gasteiger charge is -2.27. The van der Waals surface area contributed by atoms with E-state index in [9.17, 15) is 8.42 Å². The molecule has 5 heterocycles. The van der Waals surface area contributed by atoms with Gasteiger partial charge >= 0.3 is 0 Å². The summed E-state index contributed by atoms with van der Waals surface area (Å²) < 4.78 is 36.6. The lowest BCUT2D eigenvalue weighted by Crippen LogP contribution is -2.46. The maximum Gasteiger partial charge on any atom is 0.264 e. The number of fused-ring (bicyclic) bond motifs is 1. The molecular weight excluding hydrogens is 520 g/mol. The SMILES string of the molecule is Cc1cc(Nc2cc3cc(-c4c(OC[C@H]5CCN5)cnn4C)ccn3n2)nc(CCCCCOS(C)(=O)=O)n1. The molecule has 0 aliphatic carbocycles. The predicted octanol–water partition coefficient (Wildman–Crippen LogP) is 3.01. The van der Waals surface area contributed by atoms with Gasteiger partial charge in [-0.3, -0.25) is 8.86 Å². The van der Waals surface area contributed by atoms with Gasteiger partial charge in [-0.25, -0.2) is 14.5 Å². The third-order valence-corrected chi connectivity index (χ3v) is 7.10. The Morgan fingerprint density at radius 1 is 1.15 bits per heavy atom. The van der Waals surface area contributed by atoms with Crippen LogP contribution in [-0.2, 0) is 27.8 Å². The molecule has 208 valence electrons. The highest BCUT2D eigenvalue weighted by molar-refractivity contribution is 7.85. The Hall–Kier alpha value is -3.55. The van der Waals surface area contributed by atoms with E-state index in [0.717, 1.165) is 66.1 Å². The molecule has 0 unspecified atom stereocenters. The van der Waals surface area contributed by atoms with E-state index < -0.39 is 10.1 Å². The van der Waals surface area contributed by atoms with Gasteiger partial charge in [0.05, 0.1) is 24.6 Å². The second-order valence-electron chi connectivity index (χ2n) is 9.82. The van der Waals surface area contributed by atoms with Crippen molar-refractivity contribution in [2.75, 3.05) is 31.3 Å². The average Bonchev–Trinajstić information content (AvgIpc) is 3.41. The molecule has 1 aliphatic heterocycles. The van der Waals surface area contributed by atoms with E-state index in [4.69, 9.17) is 8.92 Å². The summed E-state index contributed by atoms with van der Waals surface area (Å²) in [5.74, 6) is 2.84. The van der Waals surface area contributed by atoms with Crippen LogP contribution in [-0.4, -0.2) is 69.8 Å². The molecule has 4 aromatic heterocycles. The summed E-state index contributed by atoms with van der Waals surface area (Å²) in [6, 6.07) is 8.32. The van der Waals surface area contributed by atoms with E-state index in [0.29, 0.717) is 37.1 Å². The number of pyridine rings is 1. The molecule has 1 aliphatic rings. The number of anilines is 2. The zero-order chi connectivity index (χ0) is 27.4. The van der Waals surface area contributed by atoms with Crippen LogP contribution >= 0.6 is 0 Å². The molecule has 4 aromatic rings. The van der Waals surface area contributed by atoms with Crippen LogP contribution in [0.15, 0.2) is 36.7 Å². The number of nitrogens with one attached hydrogen (secondary N) is 2. The number of nitrogens with zero attached hydrogens (tertiary/aromatic N) is 6. The number of hydrogen-bond donors (Lipinski definition) is 2. The van der Waals surface area contributed by atoms with Crippen molar-refractivity contribution in [1.82, 2.24) is 34.7 Å². The molecule has 0 spiro atoms. The second kappa shape index (κ2) is 11.7. The van der Waals surface area contributed by atoms with Crippen molar-refractivity contribution >= 4 is 27.3 Å². The summed E-state index contributed by atoms with van der Waals surface area (Å²) in [5, 5.41) is 15.7. The summed E-state index contributed by atoms with van der Waals surface area (Å²) in [7, 11) is -1.48. The minimum absolute atomic E-state index is 0.197. The molecular formula is C26H34N8O4S. The Morgan fingerprint density at radius 3 is 2.77 bits per heavy atom. The number of unbranched alkanes of at least 4 members (excludes halogenated alkanes) is 2. The predicted molar refractivity (Wildman–Crippen MR) is 148 cm³/mol. The number of aromatic nitrogens is 6. The topological polar surface area (TPSA) is 138 Å². The van der Waals surface area contributed by atoms with Crippen LogP contribution in [0.25, 0.3) is 16.8 Å². The normalized spacial score (nSPS) is 15.4. The van der Waals surface area contributed by atoms with Gasteiger partial charge in [-0.15, -0.1) is 0 Å². The van der Waals surface area contributed by atoms with E-state index in [1.165, 1.54) is 0 Å². The second-order valence-corrected chi connectivity index (χ2v) is 11.5. The first kappa shape index (κ1) is 27.0. The van der Waals surface area contributed by atoms with Crippen LogP contribution in [0, 0.1) is 6.92 Å². The summed E-state index contributed by atoms with van der Waals surface area (Å²) >= 11 is 0. The zero-order valence-corrected chi connectivity index (χ0v) is 23.2. The Kier molecular flexibility index (Phi) is 8.10. The molecule has 0 radical (unpaired) electrons. The molecule has 1 atom stereocenters. The van der Waals surface area contributed by atoms with Gasteiger partial charge in [0, 0.05) is 49.1 Å². The van der Waals surface area contributed by atoms with Gasteiger partial charge < -0.3 is 15.4 Å². The highest BCUT2D eigenvalue weighted by Crippen LogP contribution is 2.31. The Balaban J connectivity index is 1.24. The van der Waals surface area contributed by atoms with Crippen LogP contribution < -0.4 is 15.4 Å². The number of hydrogen-bond acceptors (Lipinski definition) is 10. The summed E-state index contributed by atoms with van der Waals surface area (Å²) in [4.78, 5) is 9.19. The minimum atomic E-state index is -3.39. The lowest BCUT2D eigenvalue weighted by molar-refractivity contribution is 0.218. The molecule has 2 N–H and O–H groups in total. The van der Waals surface area contributed by atoms with E-state index in [-0.39, 0.29) is 6.61 Å². The molecule has 13 heteroatoms. The van der Waals surface area contributed by atoms with Gasteiger partial charge in [0.1, 0.15) is 23.9 Å². The van der Waals surface area contributed by atoms with Crippen molar-refractivity contribution in [2.24, 2.45) is 7.05 Å². The van der Waals surface area contributed by atoms with Crippen LogP contribution in [0.4, 0.5) is 11.6 Å². The Morgan fingerprint density at radius 2 is 2.00 bits per heavy atom. The van der Waals surface area contributed by atoms with Crippen molar-refractivity contribution in [3.63, 3.8) is 0 Å². The molecule has 0 bridgehead atoms. The van der Waals surface area contributed by atoms with E-state index in [1.54, 1.807) is 6.20 Å². The van der Waals surface area contributed by atoms with Crippen LogP contribution in [0.3, 0.4) is 0 Å². The molecule has 5 rings (SSSR count). The van der Waals surface area contributed by atoms with Gasteiger partial charge in [0.15, 0.2) is 11.6 Å².